The first kappa shape index (κ1) is 28.6. The Morgan fingerprint density at radius 1 is 1.18 bits per heavy atom. The van der Waals surface area contributed by atoms with Crippen LogP contribution < -0.4 is 10.6 Å². The number of carbonyl (C=O) groups excluding carboxylic acids is 1. The predicted octanol–water partition coefficient (Wildman–Crippen LogP) is 2.49. The molecule has 1 aromatic heterocycles. The summed E-state index contributed by atoms with van der Waals surface area (Å²) in [6.45, 7) is 2.35. The summed E-state index contributed by atoms with van der Waals surface area (Å²) in [6, 6.07) is 7.33. The minimum atomic E-state index is -4.12. The third-order valence-corrected chi connectivity index (χ3v) is 10.7. The number of halogens is 2. The minimum Gasteiger partial charge on any atom is -0.420 e. The van der Waals surface area contributed by atoms with Gasteiger partial charge in [0.15, 0.2) is 9.84 Å². The van der Waals surface area contributed by atoms with E-state index < -0.39 is 48.8 Å². The van der Waals surface area contributed by atoms with E-state index in [2.05, 4.69) is 10.2 Å². The van der Waals surface area contributed by atoms with Crippen LogP contribution in [0.3, 0.4) is 0 Å². The van der Waals surface area contributed by atoms with E-state index in [1.54, 1.807) is 24.3 Å². The molecular formula is C25H27ClFN5O6S2. The summed E-state index contributed by atoms with van der Waals surface area (Å²) in [5, 5.41) is 8.62. The van der Waals surface area contributed by atoms with Crippen LogP contribution in [-0.2, 0) is 36.6 Å². The number of nitrogens with zero attached hydrogens (tertiary/aromatic N) is 4. The number of hydrogen-bond donors (Lipinski definition) is 1. The molecule has 2 aliphatic rings. The molecule has 40 heavy (non-hydrogen) atoms. The van der Waals surface area contributed by atoms with Gasteiger partial charge in [0.05, 0.1) is 40.7 Å². The molecule has 0 spiro atoms. The van der Waals surface area contributed by atoms with Gasteiger partial charge in [-0.25, -0.2) is 25.5 Å². The highest BCUT2D eigenvalue weighted by Crippen LogP contribution is 2.39. The lowest BCUT2D eigenvalue weighted by Gasteiger charge is -2.35. The number of benzene rings is 2. The maximum absolute atomic E-state index is 15.4. The number of piperidine rings is 1. The zero-order valence-electron chi connectivity index (χ0n) is 21.7. The summed E-state index contributed by atoms with van der Waals surface area (Å²) in [7, 11) is -7.46. The molecule has 2 aliphatic heterocycles. The van der Waals surface area contributed by atoms with E-state index in [1.165, 1.54) is 15.3 Å². The lowest BCUT2D eigenvalue weighted by Crippen LogP contribution is -2.45. The van der Waals surface area contributed by atoms with Crippen molar-refractivity contribution in [1.82, 2.24) is 14.5 Å². The zero-order valence-corrected chi connectivity index (χ0v) is 24.1. The summed E-state index contributed by atoms with van der Waals surface area (Å²) in [5.74, 6) is -2.25. The SMILES string of the molecule is CC1(c2nnc(-c3cc4c(cc3F)S(=O)(=O)C[C@H](N)C(=O)N4Cc3ccc(Cl)cc3)o2)CCN(S(C)(=O)=O)CC1. The second-order valence-corrected chi connectivity index (χ2v) is 14.8. The normalized spacial score (nSPS) is 21.2. The average Bonchev–Trinajstić information content (AvgIpc) is 3.36. The van der Waals surface area contributed by atoms with Crippen molar-refractivity contribution in [2.45, 2.75) is 42.7 Å². The molecule has 214 valence electrons. The van der Waals surface area contributed by atoms with Crippen molar-refractivity contribution in [2.75, 3.05) is 30.0 Å². The summed E-state index contributed by atoms with van der Waals surface area (Å²) in [6.07, 6.45) is 1.97. The second-order valence-electron chi connectivity index (χ2n) is 10.4. The molecule has 1 fully saturated rings. The molecule has 11 nitrogen and oxygen atoms in total. The van der Waals surface area contributed by atoms with Crippen molar-refractivity contribution in [3.8, 4) is 11.5 Å². The third-order valence-electron chi connectivity index (χ3n) is 7.38. The fraction of sp³-hybridized carbons (Fsp3) is 0.400. The topological polar surface area (TPSA) is 157 Å². The van der Waals surface area contributed by atoms with Crippen molar-refractivity contribution in [3.63, 3.8) is 0 Å². The van der Waals surface area contributed by atoms with E-state index in [9.17, 15) is 21.6 Å². The van der Waals surface area contributed by atoms with Crippen LogP contribution in [0, 0.1) is 5.82 Å². The largest absolute Gasteiger partial charge is 0.420 e. The number of hydrogen-bond acceptors (Lipinski definition) is 9. The van der Waals surface area contributed by atoms with E-state index in [4.69, 9.17) is 21.8 Å². The van der Waals surface area contributed by atoms with E-state index in [-0.39, 0.29) is 47.6 Å². The van der Waals surface area contributed by atoms with Crippen molar-refractivity contribution in [2.24, 2.45) is 5.73 Å². The molecule has 0 bridgehead atoms. The van der Waals surface area contributed by atoms with Crippen LogP contribution in [0.15, 0.2) is 45.7 Å². The fourth-order valence-corrected chi connectivity index (χ4v) is 7.46. The first-order valence-electron chi connectivity index (χ1n) is 12.4. The minimum absolute atomic E-state index is 0.0404. The van der Waals surface area contributed by atoms with Gasteiger partial charge in [0.25, 0.3) is 5.89 Å². The highest BCUT2D eigenvalue weighted by molar-refractivity contribution is 7.91. The van der Waals surface area contributed by atoms with Crippen molar-refractivity contribution in [3.05, 3.63) is 58.7 Å². The Morgan fingerprint density at radius 3 is 2.45 bits per heavy atom. The molecule has 2 N–H and O–H groups in total. The number of anilines is 1. The lowest BCUT2D eigenvalue weighted by molar-refractivity contribution is -0.119. The molecule has 3 aromatic rings. The second kappa shape index (κ2) is 10.2. The molecular weight excluding hydrogens is 585 g/mol. The Kier molecular flexibility index (Phi) is 7.28. The van der Waals surface area contributed by atoms with Crippen LogP contribution in [0.4, 0.5) is 10.1 Å². The molecule has 3 heterocycles. The number of amides is 1. The van der Waals surface area contributed by atoms with Gasteiger partial charge in [-0.1, -0.05) is 30.7 Å². The number of carbonyl (C=O) groups is 1. The van der Waals surface area contributed by atoms with E-state index in [1.807, 2.05) is 6.92 Å². The molecule has 2 aromatic carbocycles. The van der Waals surface area contributed by atoms with Gasteiger partial charge in [0.1, 0.15) is 5.82 Å². The smallest absolute Gasteiger partial charge is 0.250 e. The number of sulfone groups is 1. The van der Waals surface area contributed by atoms with Crippen LogP contribution in [-0.4, -0.2) is 68.4 Å². The summed E-state index contributed by atoms with van der Waals surface area (Å²) < 4.78 is 72.7. The van der Waals surface area contributed by atoms with Crippen LogP contribution >= 0.6 is 11.6 Å². The van der Waals surface area contributed by atoms with Gasteiger partial charge in [0, 0.05) is 23.5 Å². The fourth-order valence-electron chi connectivity index (χ4n) is 4.92. The Bertz CT molecular complexity index is 1690. The number of nitrogens with two attached hydrogens (primary N) is 1. The quantitative estimate of drug-likeness (QED) is 0.458. The first-order valence-corrected chi connectivity index (χ1v) is 16.2. The summed E-state index contributed by atoms with van der Waals surface area (Å²) in [4.78, 5) is 14.1. The monoisotopic (exact) mass is 611 g/mol. The highest BCUT2D eigenvalue weighted by Gasteiger charge is 2.40. The van der Waals surface area contributed by atoms with Crippen LogP contribution in [0.2, 0.25) is 5.02 Å². The van der Waals surface area contributed by atoms with Crippen LogP contribution in [0.25, 0.3) is 11.5 Å². The molecule has 0 aliphatic carbocycles. The standard InChI is InChI=1S/C25H27ClFN5O6S2/c1-25(7-9-31(10-8-25)39(2,34)35)24-30-29-22(38-24)17-11-20-21(12-18(17)27)40(36,37)14-19(28)23(33)32(20)13-15-3-5-16(26)6-4-15/h3-6,11-12,19H,7-10,13-14,28H2,1-2H3/t19-/m0/s1. The van der Waals surface area contributed by atoms with Crippen molar-refractivity contribution >= 4 is 43.1 Å². The Balaban J connectivity index is 1.55. The maximum Gasteiger partial charge on any atom is 0.250 e. The molecule has 0 radical (unpaired) electrons. The highest BCUT2D eigenvalue weighted by atomic mass is 35.5. The van der Waals surface area contributed by atoms with Crippen molar-refractivity contribution < 1.29 is 30.4 Å². The van der Waals surface area contributed by atoms with Crippen molar-refractivity contribution in [1.29, 1.82) is 0 Å². The molecule has 1 amide bonds. The van der Waals surface area contributed by atoms with Gasteiger partial charge in [-0.2, -0.15) is 0 Å². The van der Waals surface area contributed by atoms with Crippen LogP contribution in [0.1, 0.15) is 31.2 Å². The maximum atomic E-state index is 15.4. The summed E-state index contributed by atoms with van der Waals surface area (Å²) in [5.41, 5.74) is 5.71. The molecule has 0 unspecified atom stereocenters. The van der Waals surface area contributed by atoms with Gasteiger partial charge in [0.2, 0.25) is 21.8 Å². The van der Waals surface area contributed by atoms with Gasteiger partial charge in [-0.3, -0.25) is 4.79 Å². The van der Waals surface area contributed by atoms with E-state index in [0.717, 1.165) is 12.3 Å². The summed E-state index contributed by atoms with van der Waals surface area (Å²) >= 11 is 5.98. The molecule has 5 rings (SSSR count). The predicted molar refractivity (Wildman–Crippen MR) is 145 cm³/mol. The van der Waals surface area contributed by atoms with Crippen LogP contribution in [0.5, 0.6) is 0 Å². The molecule has 15 heteroatoms. The Morgan fingerprint density at radius 2 is 1.82 bits per heavy atom. The van der Waals surface area contributed by atoms with Gasteiger partial charge in [-0.05, 0) is 42.7 Å². The number of rotatable bonds is 5. The Labute approximate surface area is 236 Å². The number of fused-ring (bicyclic) bond motifs is 1. The van der Waals surface area contributed by atoms with E-state index in [0.29, 0.717) is 23.4 Å². The Hall–Kier alpha value is -2.91. The zero-order chi connectivity index (χ0) is 29.0. The average molecular weight is 612 g/mol. The molecule has 0 saturated carbocycles. The van der Waals surface area contributed by atoms with Gasteiger partial charge in [-0.15, -0.1) is 10.2 Å². The van der Waals surface area contributed by atoms with Gasteiger partial charge >= 0.3 is 0 Å². The van der Waals surface area contributed by atoms with Gasteiger partial charge < -0.3 is 15.1 Å². The van der Waals surface area contributed by atoms with E-state index >= 15 is 4.39 Å². The molecule has 1 atom stereocenters. The first-order chi connectivity index (χ1) is 18.7. The number of sulfonamides is 1. The third kappa shape index (κ3) is 5.38. The lowest BCUT2D eigenvalue weighted by atomic mass is 9.81. The number of aromatic nitrogens is 2. The molecule has 1 saturated heterocycles.